The average Bonchev–Trinajstić information content (AvgIpc) is 2.52. The zero-order valence-corrected chi connectivity index (χ0v) is 14.3. The molecule has 0 aromatic heterocycles. The molecule has 0 saturated heterocycles. The van der Waals surface area contributed by atoms with Gasteiger partial charge in [0.25, 0.3) is 0 Å². The first-order valence-corrected chi connectivity index (χ1v) is 8.10. The number of rotatable bonds is 3. The summed E-state index contributed by atoms with van der Waals surface area (Å²) in [6.45, 7) is 3.38. The number of nitrogens with one attached hydrogen (secondary N) is 1. The van der Waals surface area contributed by atoms with Gasteiger partial charge in [0.05, 0.1) is 6.04 Å². The molecular weight excluding hydrogens is 377 g/mol. The quantitative estimate of drug-likeness (QED) is 0.805. The molecule has 0 radical (unpaired) electrons. The van der Waals surface area contributed by atoms with Gasteiger partial charge in [-0.25, -0.2) is 0 Å². The van der Waals surface area contributed by atoms with Gasteiger partial charge in [-0.05, 0) is 65.4 Å². The second kappa shape index (κ2) is 6.23. The maximum Gasteiger partial charge on any atom is 0.161 e. The summed E-state index contributed by atoms with van der Waals surface area (Å²) in [6, 6.07) is 12.7. The minimum atomic E-state index is 0.146. The lowest BCUT2D eigenvalue weighted by Crippen LogP contribution is -2.20. The largest absolute Gasteiger partial charge is 0.486 e. The van der Waals surface area contributed by atoms with Gasteiger partial charge >= 0.3 is 0 Å². The molecule has 0 amide bonds. The van der Waals surface area contributed by atoms with Gasteiger partial charge in [-0.15, -0.1) is 0 Å². The van der Waals surface area contributed by atoms with Crippen LogP contribution in [-0.2, 0) is 0 Å². The van der Waals surface area contributed by atoms with E-state index in [4.69, 9.17) is 9.47 Å². The predicted octanol–water partition coefficient (Wildman–Crippen LogP) is 3.68. The first kappa shape index (κ1) is 14.7. The zero-order valence-electron chi connectivity index (χ0n) is 12.2. The molecule has 1 aliphatic rings. The molecule has 3 nitrogen and oxygen atoms in total. The molecule has 110 valence electrons. The Balaban J connectivity index is 2.02. The maximum absolute atomic E-state index is 5.69. The standard InChI is InChI=1S/C17H18INO2/c1-11-4-3-5-13(16(11)18)17(19-2)12-6-7-14-15(10-12)21-9-8-20-14/h3-7,10,17,19H,8-9H2,1-2H3. The molecule has 1 aliphatic heterocycles. The molecule has 1 atom stereocenters. The smallest absolute Gasteiger partial charge is 0.161 e. The summed E-state index contributed by atoms with van der Waals surface area (Å²) in [6.07, 6.45) is 0. The van der Waals surface area contributed by atoms with E-state index in [0.717, 1.165) is 11.5 Å². The van der Waals surface area contributed by atoms with Crippen molar-refractivity contribution in [2.24, 2.45) is 0 Å². The lowest BCUT2D eigenvalue weighted by Gasteiger charge is -2.23. The van der Waals surface area contributed by atoms with Crippen molar-refractivity contribution in [3.05, 3.63) is 56.7 Å². The third-order valence-electron chi connectivity index (χ3n) is 3.72. The van der Waals surface area contributed by atoms with E-state index in [2.05, 4.69) is 65.2 Å². The molecule has 21 heavy (non-hydrogen) atoms. The Morgan fingerprint density at radius 3 is 2.62 bits per heavy atom. The third kappa shape index (κ3) is 2.87. The lowest BCUT2D eigenvalue weighted by atomic mass is 9.97. The SMILES string of the molecule is CNC(c1ccc2c(c1)OCCO2)c1cccc(C)c1I. The number of fused-ring (bicyclic) bond motifs is 1. The van der Waals surface area contributed by atoms with Gasteiger partial charge in [0.2, 0.25) is 0 Å². The number of benzene rings is 2. The highest BCUT2D eigenvalue weighted by molar-refractivity contribution is 14.1. The van der Waals surface area contributed by atoms with Crippen molar-refractivity contribution >= 4 is 22.6 Å². The summed E-state index contributed by atoms with van der Waals surface area (Å²) < 4.78 is 12.6. The topological polar surface area (TPSA) is 30.5 Å². The van der Waals surface area contributed by atoms with Crippen LogP contribution in [0.25, 0.3) is 0 Å². The normalized spacial score (nSPS) is 14.8. The first-order chi connectivity index (χ1) is 10.2. The molecule has 2 aromatic rings. The summed E-state index contributed by atoms with van der Waals surface area (Å²) >= 11 is 2.42. The average molecular weight is 395 g/mol. The van der Waals surface area contributed by atoms with Gasteiger partial charge in [-0.1, -0.05) is 24.3 Å². The Bertz CT molecular complexity index is 657. The lowest BCUT2D eigenvalue weighted by molar-refractivity contribution is 0.171. The van der Waals surface area contributed by atoms with Crippen LogP contribution < -0.4 is 14.8 Å². The highest BCUT2D eigenvalue weighted by Gasteiger charge is 2.19. The second-order valence-electron chi connectivity index (χ2n) is 5.10. The number of hydrogen-bond acceptors (Lipinski definition) is 3. The van der Waals surface area contributed by atoms with Crippen LogP contribution in [0, 0.1) is 10.5 Å². The molecule has 0 spiro atoms. The molecule has 1 N–H and O–H groups in total. The molecule has 0 bridgehead atoms. The fourth-order valence-corrected chi connectivity index (χ4v) is 3.31. The van der Waals surface area contributed by atoms with Crippen LogP contribution in [0.4, 0.5) is 0 Å². The third-order valence-corrected chi connectivity index (χ3v) is 5.19. The van der Waals surface area contributed by atoms with E-state index in [1.807, 2.05) is 13.1 Å². The number of ether oxygens (including phenoxy) is 2. The second-order valence-corrected chi connectivity index (χ2v) is 6.18. The Morgan fingerprint density at radius 2 is 1.86 bits per heavy atom. The van der Waals surface area contributed by atoms with Crippen molar-refractivity contribution in [3.8, 4) is 11.5 Å². The molecule has 1 heterocycles. The molecule has 0 saturated carbocycles. The van der Waals surface area contributed by atoms with Crippen molar-refractivity contribution in [2.75, 3.05) is 20.3 Å². The fraction of sp³-hybridized carbons (Fsp3) is 0.294. The van der Waals surface area contributed by atoms with Gasteiger partial charge in [0.15, 0.2) is 11.5 Å². The Morgan fingerprint density at radius 1 is 1.10 bits per heavy atom. The minimum Gasteiger partial charge on any atom is -0.486 e. The van der Waals surface area contributed by atoms with E-state index >= 15 is 0 Å². The molecule has 1 unspecified atom stereocenters. The van der Waals surface area contributed by atoms with E-state index in [1.54, 1.807) is 0 Å². The highest BCUT2D eigenvalue weighted by atomic mass is 127. The molecule has 0 fully saturated rings. The van der Waals surface area contributed by atoms with Gasteiger partial charge in [-0.3, -0.25) is 0 Å². The van der Waals surface area contributed by atoms with E-state index in [9.17, 15) is 0 Å². The first-order valence-electron chi connectivity index (χ1n) is 7.02. The molecule has 4 heteroatoms. The van der Waals surface area contributed by atoms with Crippen LogP contribution in [0.3, 0.4) is 0 Å². The van der Waals surface area contributed by atoms with Crippen LogP contribution in [0.5, 0.6) is 11.5 Å². The summed E-state index contributed by atoms with van der Waals surface area (Å²) in [7, 11) is 1.99. The maximum atomic E-state index is 5.69. The van der Waals surface area contributed by atoms with Gasteiger partial charge in [0.1, 0.15) is 13.2 Å². The fourth-order valence-electron chi connectivity index (χ4n) is 2.63. The monoisotopic (exact) mass is 395 g/mol. The van der Waals surface area contributed by atoms with Crippen LogP contribution in [0.1, 0.15) is 22.7 Å². The van der Waals surface area contributed by atoms with Crippen LogP contribution in [-0.4, -0.2) is 20.3 Å². The van der Waals surface area contributed by atoms with Gasteiger partial charge in [0, 0.05) is 3.57 Å². The van der Waals surface area contributed by atoms with E-state index < -0.39 is 0 Å². The number of aryl methyl sites for hydroxylation is 1. The number of hydrogen-bond donors (Lipinski definition) is 1. The van der Waals surface area contributed by atoms with Crippen molar-refractivity contribution in [3.63, 3.8) is 0 Å². The van der Waals surface area contributed by atoms with Gasteiger partial charge in [-0.2, -0.15) is 0 Å². The predicted molar refractivity (Wildman–Crippen MR) is 92.2 cm³/mol. The van der Waals surface area contributed by atoms with Crippen molar-refractivity contribution in [1.29, 1.82) is 0 Å². The summed E-state index contributed by atoms with van der Waals surface area (Å²) in [4.78, 5) is 0. The van der Waals surface area contributed by atoms with Crippen molar-refractivity contribution in [1.82, 2.24) is 5.32 Å². The van der Waals surface area contributed by atoms with E-state index in [1.165, 1.54) is 20.3 Å². The summed E-state index contributed by atoms with van der Waals surface area (Å²) in [5.41, 5.74) is 3.77. The Hall–Kier alpha value is -1.27. The van der Waals surface area contributed by atoms with Crippen LogP contribution in [0.2, 0.25) is 0 Å². The van der Waals surface area contributed by atoms with Crippen molar-refractivity contribution < 1.29 is 9.47 Å². The van der Waals surface area contributed by atoms with Crippen LogP contribution in [0.15, 0.2) is 36.4 Å². The van der Waals surface area contributed by atoms with Gasteiger partial charge < -0.3 is 14.8 Å². The Kier molecular flexibility index (Phi) is 4.35. The number of halogens is 1. The van der Waals surface area contributed by atoms with Crippen LogP contribution >= 0.6 is 22.6 Å². The molecular formula is C17H18INO2. The molecule has 3 rings (SSSR count). The zero-order chi connectivity index (χ0) is 14.8. The van der Waals surface area contributed by atoms with E-state index in [-0.39, 0.29) is 6.04 Å². The highest BCUT2D eigenvalue weighted by Crippen LogP contribution is 2.35. The minimum absolute atomic E-state index is 0.146. The molecule has 2 aromatic carbocycles. The summed E-state index contributed by atoms with van der Waals surface area (Å²) in [5.74, 6) is 1.67. The Labute approximate surface area is 138 Å². The molecule has 0 aliphatic carbocycles. The van der Waals surface area contributed by atoms with E-state index in [0.29, 0.717) is 13.2 Å². The van der Waals surface area contributed by atoms with Crippen molar-refractivity contribution in [2.45, 2.75) is 13.0 Å². The summed E-state index contributed by atoms with van der Waals surface area (Å²) in [5, 5.41) is 3.41.